The number of rotatable bonds is 4. The molecule has 20 heavy (non-hydrogen) atoms. The van der Waals surface area contributed by atoms with Gasteiger partial charge in [0.2, 0.25) is 0 Å². The number of carbonyl (C=O) groups is 1. The second kappa shape index (κ2) is 5.38. The summed E-state index contributed by atoms with van der Waals surface area (Å²) in [6, 6.07) is 5.67. The number of aryl methyl sites for hydroxylation is 1. The average molecular weight is 287 g/mol. The molecule has 3 aromatic heterocycles. The third kappa shape index (κ3) is 2.39. The predicted octanol–water partition coefficient (Wildman–Crippen LogP) is 1.68. The molecule has 0 spiro atoms. The number of nitrogens with zero attached hydrogens (tertiary/aromatic N) is 4. The highest BCUT2D eigenvalue weighted by molar-refractivity contribution is 7.13. The maximum absolute atomic E-state index is 12.0. The van der Waals surface area contributed by atoms with Crippen molar-refractivity contribution in [2.75, 3.05) is 0 Å². The summed E-state index contributed by atoms with van der Waals surface area (Å²) < 4.78 is 1.85. The lowest BCUT2D eigenvalue weighted by Crippen LogP contribution is -2.23. The molecule has 0 aromatic carbocycles. The SMILES string of the molecule is CCc1ncc(C(=O)NCc2nnc3ccccn23)s1. The number of carbonyl (C=O) groups excluding carboxylic acids is 1. The van der Waals surface area contributed by atoms with Gasteiger partial charge in [0.05, 0.1) is 17.7 Å². The van der Waals surface area contributed by atoms with Gasteiger partial charge in [0.15, 0.2) is 11.5 Å². The lowest BCUT2D eigenvalue weighted by molar-refractivity contribution is 0.0953. The largest absolute Gasteiger partial charge is 0.344 e. The molecule has 0 fully saturated rings. The molecule has 3 rings (SSSR count). The minimum Gasteiger partial charge on any atom is -0.344 e. The fourth-order valence-corrected chi connectivity index (χ4v) is 2.61. The summed E-state index contributed by atoms with van der Waals surface area (Å²) in [4.78, 5) is 16.8. The molecule has 0 saturated carbocycles. The van der Waals surface area contributed by atoms with Crippen LogP contribution in [0.4, 0.5) is 0 Å². The van der Waals surface area contributed by atoms with Gasteiger partial charge in [-0.15, -0.1) is 21.5 Å². The molecule has 0 bridgehead atoms. The number of thiazole rings is 1. The van der Waals surface area contributed by atoms with E-state index in [0.29, 0.717) is 17.2 Å². The molecule has 102 valence electrons. The summed E-state index contributed by atoms with van der Waals surface area (Å²) in [5.41, 5.74) is 0.766. The second-order valence-corrected chi connectivity index (χ2v) is 5.31. The van der Waals surface area contributed by atoms with Gasteiger partial charge in [0.1, 0.15) is 4.88 Å². The highest BCUT2D eigenvalue weighted by atomic mass is 32.1. The fraction of sp³-hybridized carbons (Fsp3) is 0.231. The smallest absolute Gasteiger partial charge is 0.263 e. The van der Waals surface area contributed by atoms with E-state index in [1.165, 1.54) is 11.3 Å². The molecule has 0 radical (unpaired) electrons. The normalized spacial score (nSPS) is 10.8. The van der Waals surface area contributed by atoms with E-state index >= 15 is 0 Å². The van der Waals surface area contributed by atoms with Gasteiger partial charge in [0.25, 0.3) is 5.91 Å². The van der Waals surface area contributed by atoms with Gasteiger partial charge < -0.3 is 5.32 Å². The number of hydrogen-bond acceptors (Lipinski definition) is 5. The van der Waals surface area contributed by atoms with Crippen molar-refractivity contribution >= 4 is 22.9 Å². The molecule has 0 aliphatic heterocycles. The zero-order valence-electron chi connectivity index (χ0n) is 10.9. The van der Waals surface area contributed by atoms with Crippen LogP contribution in [0.5, 0.6) is 0 Å². The summed E-state index contributed by atoms with van der Waals surface area (Å²) in [5, 5.41) is 11.9. The Morgan fingerprint density at radius 3 is 3.10 bits per heavy atom. The van der Waals surface area contributed by atoms with Gasteiger partial charge in [-0.25, -0.2) is 4.98 Å². The molecule has 0 aliphatic rings. The first-order valence-electron chi connectivity index (χ1n) is 6.29. The van der Waals surface area contributed by atoms with Gasteiger partial charge in [0, 0.05) is 6.20 Å². The number of amides is 1. The Morgan fingerprint density at radius 2 is 2.30 bits per heavy atom. The van der Waals surface area contributed by atoms with E-state index in [2.05, 4.69) is 20.5 Å². The zero-order chi connectivity index (χ0) is 13.9. The van der Waals surface area contributed by atoms with Crippen LogP contribution in [0.2, 0.25) is 0 Å². The van der Waals surface area contributed by atoms with Crippen molar-refractivity contribution in [1.29, 1.82) is 0 Å². The van der Waals surface area contributed by atoms with Crippen LogP contribution < -0.4 is 5.32 Å². The molecule has 3 heterocycles. The molecular weight excluding hydrogens is 274 g/mol. The standard InChI is InChI=1S/C13H13N5OS/c1-2-12-14-7-9(20-12)13(19)15-8-11-17-16-10-5-3-4-6-18(10)11/h3-7H,2,8H2,1H3,(H,15,19). The summed E-state index contributed by atoms with van der Waals surface area (Å²) in [6.07, 6.45) is 4.33. The van der Waals surface area contributed by atoms with Crippen LogP contribution in [-0.2, 0) is 13.0 Å². The zero-order valence-corrected chi connectivity index (χ0v) is 11.7. The molecule has 0 unspecified atom stereocenters. The molecular formula is C13H13N5OS. The third-order valence-corrected chi connectivity index (χ3v) is 4.01. The molecule has 0 atom stereocenters. The van der Waals surface area contributed by atoms with Gasteiger partial charge in [-0.3, -0.25) is 9.20 Å². The van der Waals surface area contributed by atoms with Crippen LogP contribution in [0.25, 0.3) is 5.65 Å². The van der Waals surface area contributed by atoms with Crippen LogP contribution in [0.15, 0.2) is 30.6 Å². The molecule has 3 aromatic rings. The van der Waals surface area contributed by atoms with E-state index in [1.807, 2.05) is 35.7 Å². The average Bonchev–Trinajstić information content (AvgIpc) is 3.11. The van der Waals surface area contributed by atoms with Gasteiger partial charge in [-0.05, 0) is 18.6 Å². The minimum atomic E-state index is -0.130. The monoisotopic (exact) mass is 287 g/mol. The maximum Gasteiger partial charge on any atom is 0.263 e. The first-order chi connectivity index (χ1) is 9.78. The summed E-state index contributed by atoms with van der Waals surface area (Å²) in [5.74, 6) is 0.573. The summed E-state index contributed by atoms with van der Waals surface area (Å²) in [6.45, 7) is 2.35. The molecule has 0 saturated heterocycles. The van der Waals surface area contributed by atoms with Crippen molar-refractivity contribution in [2.45, 2.75) is 19.9 Å². The van der Waals surface area contributed by atoms with Crippen molar-refractivity contribution < 1.29 is 4.79 Å². The Morgan fingerprint density at radius 1 is 1.40 bits per heavy atom. The lowest BCUT2D eigenvalue weighted by atomic mass is 10.4. The van der Waals surface area contributed by atoms with E-state index in [9.17, 15) is 4.79 Å². The molecule has 0 aliphatic carbocycles. The Kier molecular flexibility index (Phi) is 3.42. The van der Waals surface area contributed by atoms with E-state index in [-0.39, 0.29) is 5.91 Å². The van der Waals surface area contributed by atoms with Crippen molar-refractivity contribution in [3.05, 3.63) is 46.3 Å². The highest BCUT2D eigenvalue weighted by Crippen LogP contribution is 2.13. The van der Waals surface area contributed by atoms with Gasteiger partial charge >= 0.3 is 0 Å². The molecule has 6 nitrogen and oxygen atoms in total. The lowest BCUT2D eigenvalue weighted by Gasteiger charge is -2.01. The van der Waals surface area contributed by atoms with E-state index < -0.39 is 0 Å². The highest BCUT2D eigenvalue weighted by Gasteiger charge is 2.11. The quantitative estimate of drug-likeness (QED) is 0.792. The fourth-order valence-electron chi connectivity index (χ4n) is 1.84. The Bertz CT molecular complexity index is 748. The van der Waals surface area contributed by atoms with Crippen LogP contribution in [0.3, 0.4) is 0 Å². The number of pyridine rings is 1. The predicted molar refractivity (Wildman–Crippen MR) is 75.6 cm³/mol. The number of fused-ring (bicyclic) bond motifs is 1. The van der Waals surface area contributed by atoms with Crippen molar-refractivity contribution in [3.8, 4) is 0 Å². The van der Waals surface area contributed by atoms with Crippen molar-refractivity contribution in [3.63, 3.8) is 0 Å². The van der Waals surface area contributed by atoms with Gasteiger partial charge in [-0.2, -0.15) is 0 Å². The Labute approximate surface area is 119 Å². The van der Waals surface area contributed by atoms with E-state index in [0.717, 1.165) is 17.1 Å². The second-order valence-electron chi connectivity index (χ2n) is 4.20. The van der Waals surface area contributed by atoms with E-state index in [4.69, 9.17) is 0 Å². The van der Waals surface area contributed by atoms with Crippen LogP contribution >= 0.6 is 11.3 Å². The number of aromatic nitrogens is 4. The van der Waals surface area contributed by atoms with Crippen molar-refractivity contribution in [1.82, 2.24) is 24.9 Å². The van der Waals surface area contributed by atoms with Crippen molar-refractivity contribution in [2.24, 2.45) is 0 Å². The molecule has 7 heteroatoms. The number of nitrogens with one attached hydrogen (secondary N) is 1. The molecule has 1 N–H and O–H groups in total. The topological polar surface area (TPSA) is 72.2 Å². The van der Waals surface area contributed by atoms with Crippen LogP contribution in [0, 0.1) is 0 Å². The Balaban J connectivity index is 1.71. The summed E-state index contributed by atoms with van der Waals surface area (Å²) >= 11 is 1.42. The maximum atomic E-state index is 12.0. The Hall–Kier alpha value is -2.28. The number of hydrogen-bond donors (Lipinski definition) is 1. The molecule has 1 amide bonds. The minimum absolute atomic E-state index is 0.130. The third-order valence-electron chi connectivity index (χ3n) is 2.87. The van der Waals surface area contributed by atoms with Gasteiger partial charge in [-0.1, -0.05) is 13.0 Å². The summed E-state index contributed by atoms with van der Waals surface area (Å²) in [7, 11) is 0. The van der Waals surface area contributed by atoms with E-state index in [1.54, 1.807) is 6.20 Å². The van der Waals surface area contributed by atoms with Crippen LogP contribution in [-0.4, -0.2) is 25.5 Å². The van der Waals surface area contributed by atoms with Crippen LogP contribution in [0.1, 0.15) is 27.4 Å². The first-order valence-corrected chi connectivity index (χ1v) is 7.11. The first kappa shape index (κ1) is 12.7.